The molecule has 0 bridgehead atoms. The highest BCUT2D eigenvalue weighted by molar-refractivity contribution is 7.80. The number of hydrogen-bond donors (Lipinski definition) is 2. The molecule has 3 aromatic rings. The summed E-state index contributed by atoms with van der Waals surface area (Å²) >= 11 is 5.82. The number of rotatable bonds is 6. The van der Waals surface area contributed by atoms with Crippen molar-refractivity contribution in [3.8, 4) is 0 Å². The predicted molar refractivity (Wildman–Crippen MR) is 159 cm³/mol. The van der Waals surface area contributed by atoms with Crippen molar-refractivity contribution in [2.24, 2.45) is 0 Å². The van der Waals surface area contributed by atoms with Crippen molar-refractivity contribution in [3.05, 3.63) is 95.3 Å². The molecule has 0 radical (unpaired) electrons. The van der Waals surface area contributed by atoms with E-state index >= 15 is 0 Å². The Kier molecular flexibility index (Phi) is 6.97. The number of amides is 1. The first-order valence-corrected chi connectivity index (χ1v) is 13.5. The number of likely N-dealkylation sites (N-methyl/N-ethyl adjacent to an activating group) is 1. The van der Waals surface area contributed by atoms with Crippen molar-refractivity contribution in [2.75, 3.05) is 23.8 Å². The van der Waals surface area contributed by atoms with E-state index in [-0.39, 0.29) is 23.5 Å². The smallest absolute Gasteiger partial charge is 0.226 e. The van der Waals surface area contributed by atoms with Crippen molar-refractivity contribution in [2.45, 2.75) is 51.7 Å². The standard InChI is InChI=1S/C31H35N5OS/c1-20-9-12-23(13-10-20)33-27(37)15-17-36-29(28(34-30(36)38)25-8-6-7-16-32-25)22-11-14-26-24(18-22)21(2)19-31(3,4)35(26)5/h6-14,16,18-19,28-29H,15,17H2,1-5H3,(H,33,37)(H,34,38)/t28-,29-/m0/s1. The van der Waals surface area contributed by atoms with Gasteiger partial charge in [-0.25, -0.2) is 0 Å². The van der Waals surface area contributed by atoms with Crippen LogP contribution in [-0.4, -0.2) is 40.0 Å². The maximum absolute atomic E-state index is 12.9. The van der Waals surface area contributed by atoms with Crippen LogP contribution in [0.4, 0.5) is 11.4 Å². The van der Waals surface area contributed by atoms with Gasteiger partial charge in [0.1, 0.15) is 0 Å². The van der Waals surface area contributed by atoms with Gasteiger partial charge in [-0.15, -0.1) is 0 Å². The van der Waals surface area contributed by atoms with E-state index in [0.29, 0.717) is 18.1 Å². The summed E-state index contributed by atoms with van der Waals surface area (Å²) in [6, 6.07) is 20.3. The molecule has 0 aliphatic carbocycles. The van der Waals surface area contributed by atoms with Gasteiger partial charge in [0.25, 0.3) is 0 Å². The summed E-state index contributed by atoms with van der Waals surface area (Å²) in [6.45, 7) is 9.16. The number of fused-ring (bicyclic) bond motifs is 1. The zero-order chi connectivity index (χ0) is 27.0. The monoisotopic (exact) mass is 525 g/mol. The number of nitrogens with zero attached hydrogens (tertiary/aromatic N) is 3. The van der Waals surface area contributed by atoms with Gasteiger partial charge in [-0.05, 0) is 87.4 Å². The lowest BCUT2D eigenvalue weighted by atomic mass is 9.86. The maximum Gasteiger partial charge on any atom is 0.226 e. The van der Waals surface area contributed by atoms with Crippen LogP contribution < -0.4 is 15.5 Å². The highest BCUT2D eigenvalue weighted by atomic mass is 32.1. The minimum absolute atomic E-state index is 0.0373. The number of aromatic nitrogens is 1. The molecule has 1 saturated heterocycles. The van der Waals surface area contributed by atoms with Gasteiger partial charge in [0.15, 0.2) is 5.11 Å². The largest absolute Gasteiger partial charge is 0.366 e. The van der Waals surface area contributed by atoms with Crippen molar-refractivity contribution in [1.82, 2.24) is 15.2 Å². The first-order valence-electron chi connectivity index (χ1n) is 13.1. The molecule has 2 atom stereocenters. The second kappa shape index (κ2) is 10.2. The van der Waals surface area contributed by atoms with Crippen LogP contribution in [0, 0.1) is 6.92 Å². The Morgan fingerprint density at radius 3 is 2.58 bits per heavy atom. The van der Waals surface area contributed by atoms with Crippen molar-refractivity contribution in [1.29, 1.82) is 0 Å². The van der Waals surface area contributed by atoms with Crippen molar-refractivity contribution < 1.29 is 4.79 Å². The number of allylic oxidation sites excluding steroid dienone is 1. The van der Waals surface area contributed by atoms with Gasteiger partial charge < -0.3 is 20.4 Å². The van der Waals surface area contributed by atoms with Crippen LogP contribution in [0.1, 0.15) is 61.7 Å². The van der Waals surface area contributed by atoms with Crippen LogP contribution in [0.25, 0.3) is 5.57 Å². The molecule has 0 saturated carbocycles. The zero-order valence-corrected chi connectivity index (χ0v) is 23.5. The van der Waals surface area contributed by atoms with Gasteiger partial charge >= 0.3 is 0 Å². The minimum atomic E-state index is -0.121. The molecule has 6 nitrogen and oxygen atoms in total. The second-order valence-corrected chi connectivity index (χ2v) is 11.2. The minimum Gasteiger partial charge on any atom is -0.366 e. The van der Waals surface area contributed by atoms with Gasteiger partial charge in [-0.2, -0.15) is 0 Å². The van der Waals surface area contributed by atoms with Gasteiger partial charge in [0.05, 0.1) is 23.3 Å². The Morgan fingerprint density at radius 1 is 1.11 bits per heavy atom. The first kappa shape index (κ1) is 25.9. The quantitative estimate of drug-likeness (QED) is 0.384. The topological polar surface area (TPSA) is 60.5 Å². The number of hydrogen-bond acceptors (Lipinski definition) is 4. The zero-order valence-electron chi connectivity index (χ0n) is 22.7. The van der Waals surface area contributed by atoms with Crippen LogP contribution in [-0.2, 0) is 4.79 Å². The number of carbonyl (C=O) groups excluding carboxylic acids is 1. The number of anilines is 2. The lowest BCUT2D eigenvalue weighted by molar-refractivity contribution is -0.116. The predicted octanol–water partition coefficient (Wildman–Crippen LogP) is 6.02. The number of thiocarbonyl (C=S) groups is 1. The average Bonchev–Trinajstić information content (AvgIpc) is 3.23. The molecule has 196 valence electrons. The molecule has 1 fully saturated rings. The summed E-state index contributed by atoms with van der Waals surface area (Å²) in [5.74, 6) is -0.0373. The third kappa shape index (κ3) is 5.03. The van der Waals surface area contributed by atoms with Gasteiger partial charge in [0.2, 0.25) is 5.91 Å². The summed E-state index contributed by atoms with van der Waals surface area (Å²) in [4.78, 5) is 22.0. The lowest BCUT2D eigenvalue weighted by Gasteiger charge is -2.41. The molecule has 38 heavy (non-hydrogen) atoms. The van der Waals surface area contributed by atoms with Gasteiger partial charge in [0, 0.05) is 43.1 Å². The maximum atomic E-state index is 12.9. The third-order valence-electron chi connectivity index (χ3n) is 7.70. The first-order chi connectivity index (χ1) is 18.1. The molecule has 1 amide bonds. The molecule has 3 heterocycles. The van der Waals surface area contributed by atoms with E-state index in [4.69, 9.17) is 12.2 Å². The summed E-state index contributed by atoms with van der Waals surface area (Å²) < 4.78 is 0. The molecule has 5 rings (SSSR count). The summed E-state index contributed by atoms with van der Waals surface area (Å²) in [5, 5.41) is 7.15. The Bertz CT molecular complexity index is 1380. The van der Waals surface area contributed by atoms with Crippen LogP contribution in [0.3, 0.4) is 0 Å². The van der Waals surface area contributed by atoms with Crippen LogP contribution >= 0.6 is 12.2 Å². The molecule has 1 aromatic heterocycles. The summed E-state index contributed by atoms with van der Waals surface area (Å²) in [7, 11) is 2.14. The fraction of sp³-hybridized carbons (Fsp3) is 0.323. The average molecular weight is 526 g/mol. The van der Waals surface area contributed by atoms with Crippen LogP contribution in [0.2, 0.25) is 0 Å². The van der Waals surface area contributed by atoms with E-state index in [2.05, 4.69) is 77.5 Å². The van der Waals surface area contributed by atoms with E-state index in [9.17, 15) is 4.79 Å². The fourth-order valence-electron chi connectivity index (χ4n) is 5.45. The number of pyridine rings is 1. The molecule has 2 N–H and O–H groups in total. The highest BCUT2D eigenvalue weighted by Crippen LogP contribution is 2.43. The number of nitrogens with one attached hydrogen (secondary N) is 2. The Balaban J connectivity index is 1.45. The number of carbonyl (C=O) groups is 1. The van der Waals surface area contributed by atoms with Crippen molar-refractivity contribution in [3.63, 3.8) is 0 Å². The highest BCUT2D eigenvalue weighted by Gasteiger charge is 2.40. The summed E-state index contributed by atoms with van der Waals surface area (Å²) in [5.41, 5.74) is 7.67. The Morgan fingerprint density at radius 2 is 1.87 bits per heavy atom. The van der Waals surface area contributed by atoms with E-state index in [1.54, 1.807) is 0 Å². The molecule has 2 aromatic carbocycles. The Hall–Kier alpha value is -3.71. The number of aryl methyl sites for hydroxylation is 1. The van der Waals surface area contributed by atoms with Gasteiger partial charge in [-0.1, -0.05) is 35.9 Å². The molecule has 2 aliphatic rings. The second-order valence-electron chi connectivity index (χ2n) is 10.8. The number of benzene rings is 2. The lowest BCUT2D eigenvalue weighted by Crippen LogP contribution is -2.42. The van der Waals surface area contributed by atoms with Gasteiger partial charge in [-0.3, -0.25) is 9.78 Å². The molecule has 7 heteroatoms. The third-order valence-corrected chi connectivity index (χ3v) is 8.05. The van der Waals surface area contributed by atoms with E-state index < -0.39 is 0 Å². The van der Waals surface area contributed by atoms with E-state index in [1.165, 1.54) is 16.8 Å². The van der Waals surface area contributed by atoms with E-state index in [0.717, 1.165) is 22.5 Å². The molecular formula is C31H35N5OS. The Labute approximate surface area is 230 Å². The normalized spacial score (nSPS) is 20.0. The van der Waals surface area contributed by atoms with Crippen molar-refractivity contribution >= 4 is 40.2 Å². The van der Waals surface area contributed by atoms with E-state index in [1.807, 2.05) is 55.6 Å². The molecule has 0 unspecified atom stereocenters. The van der Waals surface area contributed by atoms with Crippen LogP contribution in [0.5, 0.6) is 0 Å². The summed E-state index contributed by atoms with van der Waals surface area (Å²) in [6.07, 6.45) is 4.45. The van der Waals surface area contributed by atoms with Crippen LogP contribution in [0.15, 0.2) is 72.9 Å². The molecule has 0 spiro atoms. The molecule has 2 aliphatic heterocycles. The fourth-order valence-corrected chi connectivity index (χ4v) is 5.78. The SMILES string of the molecule is CC1=CC(C)(C)N(C)c2ccc([C@H]3[C@H](c4ccccn4)NC(=S)N3CCC(=O)Nc3ccc(C)cc3)cc21. The molecular weight excluding hydrogens is 490 g/mol.